The van der Waals surface area contributed by atoms with Gasteiger partial charge in [0.1, 0.15) is 10.3 Å². The average molecular weight is 266 g/mol. The van der Waals surface area contributed by atoms with Crippen molar-refractivity contribution in [1.29, 1.82) is 0 Å². The van der Waals surface area contributed by atoms with Gasteiger partial charge in [0.05, 0.1) is 5.69 Å². The third-order valence-electron chi connectivity index (χ3n) is 3.38. The smallest absolute Gasteiger partial charge is 0.130 e. The predicted molar refractivity (Wildman–Crippen MR) is 81.8 cm³/mol. The van der Waals surface area contributed by atoms with E-state index < -0.39 is 0 Å². The van der Waals surface area contributed by atoms with Gasteiger partial charge in [0.15, 0.2) is 0 Å². The molecule has 0 spiro atoms. The molecule has 3 aromatic rings. The summed E-state index contributed by atoms with van der Waals surface area (Å²) in [4.78, 5) is 7.88. The largest absolute Gasteiger partial charge is 0.347 e. The Bertz CT molecular complexity index is 813. The Morgan fingerprint density at radius 2 is 1.74 bits per heavy atom. The van der Waals surface area contributed by atoms with Crippen molar-refractivity contribution >= 4 is 23.0 Å². The van der Waals surface area contributed by atoms with E-state index in [2.05, 4.69) is 34.2 Å². The third kappa shape index (κ3) is 2.06. The Morgan fingerprint density at radius 3 is 2.58 bits per heavy atom. The lowest BCUT2D eigenvalue weighted by Crippen LogP contribution is -1.96. The molecule has 1 aromatic heterocycles. The van der Waals surface area contributed by atoms with Crippen LogP contribution in [-0.2, 0) is 0 Å². The SMILES string of the molecule is Cc1nc(-c2cccc3ccccc23)c(=S)[nH]c1C. The van der Waals surface area contributed by atoms with Crippen molar-refractivity contribution in [1.82, 2.24) is 9.97 Å². The maximum Gasteiger partial charge on any atom is 0.130 e. The van der Waals surface area contributed by atoms with Crippen molar-refractivity contribution in [2.24, 2.45) is 0 Å². The molecule has 0 fully saturated rings. The molecule has 0 radical (unpaired) electrons. The van der Waals surface area contributed by atoms with Crippen molar-refractivity contribution in [3.05, 3.63) is 58.5 Å². The van der Waals surface area contributed by atoms with Crippen LogP contribution in [0.1, 0.15) is 11.4 Å². The van der Waals surface area contributed by atoms with Crippen LogP contribution >= 0.6 is 12.2 Å². The maximum absolute atomic E-state index is 5.43. The molecule has 0 unspecified atom stereocenters. The van der Waals surface area contributed by atoms with Crippen molar-refractivity contribution in [3.63, 3.8) is 0 Å². The number of fused-ring (bicyclic) bond motifs is 1. The summed E-state index contributed by atoms with van der Waals surface area (Å²) in [6.07, 6.45) is 0. The van der Waals surface area contributed by atoms with Crippen molar-refractivity contribution in [3.8, 4) is 11.3 Å². The summed E-state index contributed by atoms with van der Waals surface area (Å²) in [6.45, 7) is 3.99. The molecule has 3 rings (SSSR count). The van der Waals surface area contributed by atoms with Gasteiger partial charge in [-0.05, 0) is 24.6 Å². The molecule has 0 aliphatic carbocycles. The van der Waals surface area contributed by atoms with Gasteiger partial charge >= 0.3 is 0 Å². The Hall–Kier alpha value is -2.00. The monoisotopic (exact) mass is 266 g/mol. The zero-order valence-corrected chi connectivity index (χ0v) is 11.7. The van der Waals surface area contributed by atoms with E-state index in [1.165, 1.54) is 10.8 Å². The predicted octanol–water partition coefficient (Wildman–Crippen LogP) is 4.58. The van der Waals surface area contributed by atoms with E-state index in [9.17, 15) is 0 Å². The summed E-state index contributed by atoms with van der Waals surface area (Å²) in [5, 5.41) is 2.38. The molecule has 19 heavy (non-hydrogen) atoms. The van der Waals surface area contributed by atoms with Crippen LogP contribution in [0.25, 0.3) is 22.0 Å². The first-order chi connectivity index (χ1) is 9.16. The quantitative estimate of drug-likeness (QED) is 0.653. The number of rotatable bonds is 1. The fourth-order valence-corrected chi connectivity index (χ4v) is 2.55. The number of H-pyrrole nitrogens is 1. The fraction of sp³-hybridized carbons (Fsp3) is 0.125. The number of aromatic amines is 1. The number of nitrogens with one attached hydrogen (secondary N) is 1. The molecule has 2 nitrogen and oxygen atoms in total. The van der Waals surface area contributed by atoms with Gasteiger partial charge in [-0.1, -0.05) is 54.7 Å². The standard InChI is InChI=1S/C16H14N2S/c1-10-11(2)18-16(19)15(17-10)14-9-5-7-12-6-3-4-8-13(12)14/h3-9H,1-2H3,(H,18,19). The Labute approximate surface area is 117 Å². The van der Waals surface area contributed by atoms with Crippen LogP contribution in [0.2, 0.25) is 0 Å². The molecule has 1 heterocycles. The van der Waals surface area contributed by atoms with Gasteiger partial charge in [-0.15, -0.1) is 0 Å². The van der Waals surface area contributed by atoms with Crippen molar-refractivity contribution in [2.75, 3.05) is 0 Å². The fourth-order valence-electron chi connectivity index (χ4n) is 2.24. The number of hydrogen-bond donors (Lipinski definition) is 1. The highest BCUT2D eigenvalue weighted by molar-refractivity contribution is 7.71. The molecule has 0 amide bonds. The molecule has 0 aliphatic heterocycles. The van der Waals surface area contributed by atoms with Gasteiger partial charge in [-0.2, -0.15) is 0 Å². The maximum atomic E-state index is 5.43. The minimum atomic E-state index is 0.694. The minimum absolute atomic E-state index is 0.694. The zero-order chi connectivity index (χ0) is 13.4. The molecule has 0 atom stereocenters. The van der Waals surface area contributed by atoms with Crippen LogP contribution in [0.15, 0.2) is 42.5 Å². The number of benzene rings is 2. The van der Waals surface area contributed by atoms with Crippen LogP contribution in [0.3, 0.4) is 0 Å². The highest BCUT2D eigenvalue weighted by Gasteiger charge is 2.08. The van der Waals surface area contributed by atoms with Crippen LogP contribution in [0, 0.1) is 18.5 Å². The molecule has 0 bridgehead atoms. The van der Waals surface area contributed by atoms with Crippen LogP contribution < -0.4 is 0 Å². The van der Waals surface area contributed by atoms with Gasteiger partial charge in [0.2, 0.25) is 0 Å². The number of hydrogen-bond acceptors (Lipinski definition) is 2. The molecule has 2 aromatic carbocycles. The molecule has 0 saturated heterocycles. The number of nitrogens with zero attached hydrogens (tertiary/aromatic N) is 1. The zero-order valence-electron chi connectivity index (χ0n) is 10.9. The first-order valence-electron chi connectivity index (χ1n) is 6.22. The average Bonchev–Trinajstić information content (AvgIpc) is 2.42. The minimum Gasteiger partial charge on any atom is -0.347 e. The summed E-state index contributed by atoms with van der Waals surface area (Å²) in [5.41, 5.74) is 3.95. The lowest BCUT2D eigenvalue weighted by Gasteiger charge is -2.08. The van der Waals surface area contributed by atoms with E-state index in [-0.39, 0.29) is 0 Å². The summed E-state index contributed by atoms with van der Waals surface area (Å²) >= 11 is 5.43. The first-order valence-corrected chi connectivity index (χ1v) is 6.63. The van der Waals surface area contributed by atoms with E-state index >= 15 is 0 Å². The molecule has 1 N–H and O–H groups in total. The molecule has 0 saturated carbocycles. The number of aryl methyl sites for hydroxylation is 2. The van der Waals surface area contributed by atoms with E-state index in [1.807, 2.05) is 32.0 Å². The summed E-state index contributed by atoms with van der Waals surface area (Å²) < 4.78 is 0.694. The van der Waals surface area contributed by atoms with Crippen molar-refractivity contribution in [2.45, 2.75) is 13.8 Å². The molecular weight excluding hydrogens is 252 g/mol. The van der Waals surface area contributed by atoms with E-state index in [1.54, 1.807) is 0 Å². The van der Waals surface area contributed by atoms with E-state index in [0.29, 0.717) is 4.64 Å². The Kier molecular flexibility index (Phi) is 2.91. The lowest BCUT2D eigenvalue weighted by atomic mass is 10.0. The van der Waals surface area contributed by atoms with Crippen LogP contribution in [0.5, 0.6) is 0 Å². The van der Waals surface area contributed by atoms with E-state index in [0.717, 1.165) is 22.6 Å². The highest BCUT2D eigenvalue weighted by atomic mass is 32.1. The Balaban J connectivity index is 2.37. The second-order valence-electron chi connectivity index (χ2n) is 4.65. The second kappa shape index (κ2) is 4.59. The lowest BCUT2D eigenvalue weighted by molar-refractivity contribution is 1.04. The molecule has 3 heteroatoms. The van der Waals surface area contributed by atoms with Crippen LogP contribution in [0.4, 0.5) is 0 Å². The molecule has 0 aliphatic rings. The molecular formula is C16H14N2S. The normalized spacial score (nSPS) is 10.8. The summed E-state index contributed by atoms with van der Waals surface area (Å²) in [7, 11) is 0. The first kappa shape index (κ1) is 12.1. The molecule has 94 valence electrons. The van der Waals surface area contributed by atoms with Crippen molar-refractivity contribution < 1.29 is 0 Å². The van der Waals surface area contributed by atoms with Gasteiger partial charge < -0.3 is 4.98 Å². The highest BCUT2D eigenvalue weighted by Crippen LogP contribution is 2.28. The topological polar surface area (TPSA) is 28.7 Å². The second-order valence-corrected chi connectivity index (χ2v) is 5.06. The third-order valence-corrected chi connectivity index (χ3v) is 3.68. The number of aromatic nitrogens is 2. The summed E-state index contributed by atoms with van der Waals surface area (Å²) in [6, 6.07) is 14.5. The van der Waals surface area contributed by atoms with Crippen LogP contribution in [-0.4, -0.2) is 9.97 Å². The van der Waals surface area contributed by atoms with Gasteiger partial charge in [-0.3, -0.25) is 0 Å². The Morgan fingerprint density at radius 1 is 1.00 bits per heavy atom. The van der Waals surface area contributed by atoms with E-state index in [4.69, 9.17) is 12.2 Å². The summed E-state index contributed by atoms with van der Waals surface area (Å²) in [5.74, 6) is 0. The van der Waals surface area contributed by atoms with Gasteiger partial charge in [-0.25, -0.2) is 4.98 Å². The van der Waals surface area contributed by atoms with Gasteiger partial charge in [0.25, 0.3) is 0 Å². The van der Waals surface area contributed by atoms with Gasteiger partial charge in [0, 0.05) is 11.3 Å².